The Kier molecular flexibility index (Phi) is 6.89. The average Bonchev–Trinajstić information content (AvgIpc) is 3.57. The van der Waals surface area contributed by atoms with Crippen LogP contribution in [0.4, 0.5) is 0 Å². The van der Waals surface area contributed by atoms with Crippen molar-refractivity contribution in [3.8, 4) is 11.8 Å². The van der Waals surface area contributed by atoms with Crippen molar-refractivity contribution in [3.63, 3.8) is 0 Å². The molecule has 0 spiro atoms. The number of sulfonamides is 1. The van der Waals surface area contributed by atoms with E-state index in [1.807, 2.05) is 30.3 Å². The third-order valence-electron chi connectivity index (χ3n) is 5.90. The van der Waals surface area contributed by atoms with E-state index in [1.54, 1.807) is 12.1 Å². The van der Waals surface area contributed by atoms with Gasteiger partial charge in [0.05, 0.1) is 23.2 Å². The fraction of sp³-hybridized carbons (Fsp3) is 0.417. The van der Waals surface area contributed by atoms with Gasteiger partial charge >= 0.3 is 0 Å². The van der Waals surface area contributed by atoms with Crippen molar-refractivity contribution in [2.24, 2.45) is 5.92 Å². The summed E-state index contributed by atoms with van der Waals surface area (Å²) in [6, 6.07) is 15.5. The van der Waals surface area contributed by atoms with E-state index in [0.717, 1.165) is 50.0 Å². The van der Waals surface area contributed by atoms with Crippen LogP contribution in [0.1, 0.15) is 48.0 Å². The number of ether oxygens (including phenoxy) is 1. The molecule has 0 bridgehead atoms. The average molecular weight is 454 g/mol. The molecular formula is C24H27N3O4S. The van der Waals surface area contributed by atoms with Crippen molar-refractivity contribution in [2.75, 3.05) is 19.7 Å². The molecule has 8 heteroatoms. The molecule has 1 heterocycles. The smallest absolute Gasteiger partial charge is 0.243 e. The lowest BCUT2D eigenvalue weighted by Gasteiger charge is -2.25. The standard InChI is InChI=1S/C24H27N3O4S/c25-17-20-5-1-2-6-22(20)32(29,30)26-23-7-3-14-27(23)15-4-16-31-21-12-10-19(11-13-21)24(28)18-8-9-18/h1-2,5-6,10-13,18,23,26H,3-4,7-9,14-16H2. The number of nitrogens with zero attached hydrogens (tertiary/aromatic N) is 2. The van der Waals surface area contributed by atoms with Gasteiger partial charge in [0, 0.05) is 18.0 Å². The summed E-state index contributed by atoms with van der Waals surface area (Å²) in [5.41, 5.74) is 0.882. The van der Waals surface area contributed by atoms with Crippen molar-refractivity contribution in [1.29, 1.82) is 5.26 Å². The predicted octanol–water partition coefficient (Wildman–Crippen LogP) is 3.32. The Balaban J connectivity index is 1.26. The quantitative estimate of drug-likeness (QED) is 0.438. The lowest BCUT2D eigenvalue weighted by Crippen LogP contribution is -2.44. The number of ketones is 1. The van der Waals surface area contributed by atoms with E-state index >= 15 is 0 Å². The van der Waals surface area contributed by atoms with Crippen LogP contribution >= 0.6 is 0 Å². The van der Waals surface area contributed by atoms with Gasteiger partial charge in [0.2, 0.25) is 10.0 Å². The second kappa shape index (κ2) is 9.82. The van der Waals surface area contributed by atoms with Crippen LogP contribution in [0.15, 0.2) is 53.4 Å². The number of hydrogen-bond acceptors (Lipinski definition) is 6. The first kappa shape index (κ1) is 22.5. The number of carbonyl (C=O) groups excluding carboxylic acids is 1. The molecule has 1 saturated heterocycles. The van der Waals surface area contributed by atoms with Crippen molar-refractivity contribution in [1.82, 2.24) is 9.62 Å². The normalized spacial score (nSPS) is 18.9. The maximum absolute atomic E-state index is 12.8. The third kappa shape index (κ3) is 5.36. The molecule has 0 aromatic heterocycles. The van der Waals surface area contributed by atoms with Gasteiger partial charge in [0.15, 0.2) is 5.78 Å². The monoisotopic (exact) mass is 453 g/mol. The van der Waals surface area contributed by atoms with Crippen LogP contribution < -0.4 is 9.46 Å². The summed E-state index contributed by atoms with van der Waals surface area (Å²) in [6.45, 7) is 2.01. The molecule has 1 N–H and O–H groups in total. The molecule has 1 atom stereocenters. The van der Waals surface area contributed by atoms with Crippen molar-refractivity contribution >= 4 is 15.8 Å². The minimum Gasteiger partial charge on any atom is -0.494 e. The Morgan fingerprint density at radius 2 is 1.88 bits per heavy atom. The molecule has 168 valence electrons. The van der Waals surface area contributed by atoms with Crippen LogP contribution in [0.25, 0.3) is 0 Å². The first-order valence-electron chi connectivity index (χ1n) is 11.0. The minimum atomic E-state index is -3.78. The lowest BCUT2D eigenvalue weighted by molar-refractivity contribution is 0.0967. The second-order valence-electron chi connectivity index (χ2n) is 8.29. The molecule has 0 radical (unpaired) electrons. The van der Waals surface area contributed by atoms with Crippen LogP contribution in [0.2, 0.25) is 0 Å². The maximum atomic E-state index is 12.8. The van der Waals surface area contributed by atoms with Crippen LogP contribution in [-0.2, 0) is 10.0 Å². The van der Waals surface area contributed by atoms with Crippen LogP contribution in [0.3, 0.4) is 0 Å². The first-order valence-corrected chi connectivity index (χ1v) is 12.5. The molecule has 1 aliphatic heterocycles. The number of hydrogen-bond donors (Lipinski definition) is 1. The van der Waals surface area contributed by atoms with Crippen LogP contribution in [-0.4, -0.2) is 45.0 Å². The number of likely N-dealkylation sites (tertiary alicyclic amines) is 1. The van der Waals surface area contributed by atoms with E-state index in [4.69, 9.17) is 4.74 Å². The molecule has 32 heavy (non-hydrogen) atoms. The van der Waals surface area contributed by atoms with Crippen LogP contribution in [0, 0.1) is 17.2 Å². The highest BCUT2D eigenvalue weighted by molar-refractivity contribution is 7.89. The molecule has 2 aliphatic rings. The van der Waals surface area contributed by atoms with E-state index in [9.17, 15) is 18.5 Å². The molecule has 2 fully saturated rings. The number of carbonyl (C=O) groups is 1. The summed E-state index contributed by atoms with van der Waals surface area (Å²) in [6.07, 6.45) is 4.08. The Morgan fingerprint density at radius 3 is 2.59 bits per heavy atom. The SMILES string of the molecule is N#Cc1ccccc1S(=O)(=O)NC1CCCN1CCCOc1ccc(C(=O)C2CC2)cc1. The molecule has 4 rings (SSSR count). The summed E-state index contributed by atoms with van der Waals surface area (Å²) in [7, 11) is -3.78. The zero-order valence-electron chi connectivity index (χ0n) is 17.9. The van der Waals surface area contributed by atoms with E-state index in [0.29, 0.717) is 13.2 Å². The Hall–Kier alpha value is -2.73. The maximum Gasteiger partial charge on any atom is 0.243 e. The highest BCUT2D eigenvalue weighted by Gasteiger charge is 2.31. The predicted molar refractivity (Wildman–Crippen MR) is 120 cm³/mol. The number of Topliss-reactive ketones (excluding diaryl/α,β-unsaturated/α-hetero) is 1. The van der Waals surface area contributed by atoms with Crippen molar-refractivity contribution in [3.05, 3.63) is 59.7 Å². The fourth-order valence-corrected chi connectivity index (χ4v) is 5.43. The largest absolute Gasteiger partial charge is 0.494 e. The molecule has 1 unspecified atom stereocenters. The number of nitriles is 1. The molecular weight excluding hydrogens is 426 g/mol. The highest BCUT2D eigenvalue weighted by Crippen LogP contribution is 2.32. The molecule has 2 aromatic carbocycles. The van der Waals surface area contributed by atoms with Gasteiger partial charge in [-0.05, 0) is 75.0 Å². The zero-order chi connectivity index (χ0) is 22.6. The summed E-state index contributed by atoms with van der Waals surface area (Å²) in [5.74, 6) is 1.15. The molecule has 1 aliphatic carbocycles. The van der Waals surface area contributed by atoms with Crippen molar-refractivity contribution in [2.45, 2.75) is 43.2 Å². The van der Waals surface area contributed by atoms with Crippen LogP contribution in [0.5, 0.6) is 5.75 Å². The molecule has 2 aromatic rings. The van der Waals surface area contributed by atoms with E-state index in [2.05, 4.69) is 9.62 Å². The summed E-state index contributed by atoms with van der Waals surface area (Å²) in [5, 5.41) is 9.22. The van der Waals surface area contributed by atoms with Gasteiger partial charge in [-0.2, -0.15) is 9.98 Å². The number of rotatable bonds is 10. The Morgan fingerprint density at radius 1 is 1.12 bits per heavy atom. The Labute approximate surface area is 189 Å². The van der Waals surface area contributed by atoms with Gasteiger partial charge in [0.1, 0.15) is 11.8 Å². The van der Waals surface area contributed by atoms with Gasteiger partial charge in [-0.3, -0.25) is 9.69 Å². The van der Waals surface area contributed by atoms with Gasteiger partial charge in [0.25, 0.3) is 0 Å². The molecule has 1 saturated carbocycles. The highest BCUT2D eigenvalue weighted by atomic mass is 32.2. The third-order valence-corrected chi connectivity index (χ3v) is 7.41. The topological polar surface area (TPSA) is 99.5 Å². The lowest BCUT2D eigenvalue weighted by atomic mass is 10.1. The van der Waals surface area contributed by atoms with E-state index in [1.165, 1.54) is 12.1 Å². The molecule has 7 nitrogen and oxygen atoms in total. The minimum absolute atomic E-state index is 0.0151. The van der Waals surface area contributed by atoms with Gasteiger partial charge in [-0.25, -0.2) is 8.42 Å². The summed E-state index contributed by atoms with van der Waals surface area (Å²) >= 11 is 0. The summed E-state index contributed by atoms with van der Waals surface area (Å²) in [4.78, 5) is 14.2. The van der Waals surface area contributed by atoms with Gasteiger partial charge < -0.3 is 4.74 Å². The molecule has 0 amide bonds. The second-order valence-corrected chi connectivity index (χ2v) is 9.97. The fourth-order valence-electron chi connectivity index (χ4n) is 4.02. The first-order chi connectivity index (χ1) is 15.5. The Bertz CT molecular complexity index is 1100. The van der Waals surface area contributed by atoms with Gasteiger partial charge in [-0.1, -0.05) is 12.1 Å². The van der Waals surface area contributed by atoms with E-state index < -0.39 is 10.0 Å². The van der Waals surface area contributed by atoms with E-state index in [-0.39, 0.29) is 28.3 Å². The number of nitrogens with one attached hydrogen (secondary N) is 1. The van der Waals surface area contributed by atoms with Crippen molar-refractivity contribution < 1.29 is 17.9 Å². The summed E-state index contributed by atoms with van der Waals surface area (Å²) < 4.78 is 34.2. The number of benzene rings is 2. The van der Waals surface area contributed by atoms with Gasteiger partial charge in [-0.15, -0.1) is 0 Å². The zero-order valence-corrected chi connectivity index (χ0v) is 18.7.